The van der Waals surface area contributed by atoms with Gasteiger partial charge in [-0.2, -0.15) is 0 Å². The topological polar surface area (TPSA) is 39.1 Å². The first kappa shape index (κ1) is 14.1. The highest BCUT2D eigenvalue weighted by atomic mass is 16.5. The standard InChI is InChI=1S/C16H27N3O/c1-3-20-14-11-13(16(14)7-5-4-6-8-16)18-12-15-17-9-10-19(15)2/h9-10,13-14,18H,3-8,11-12H2,1-2H3. The van der Waals surface area contributed by atoms with Crippen LogP contribution in [0, 0.1) is 5.41 Å². The van der Waals surface area contributed by atoms with E-state index in [1.165, 1.54) is 32.1 Å². The van der Waals surface area contributed by atoms with Gasteiger partial charge in [0.15, 0.2) is 0 Å². The minimum absolute atomic E-state index is 0.402. The zero-order chi connectivity index (χ0) is 14.0. The summed E-state index contributed by atoms with van der Waals surface area (Å²) in [7, 11) is 2.06. The van der Waals surface area contributed by atoms with E-state index >= 15 is 0 Å². The van der Waals surface area contributed by atoms with Gasteiger partial charge < -0.3 is 14.6 Å². The zero-order valence-electron chi connectivity index (χ0n) is 12.8. The highest BCUT2D eigenvalue weighted by Gasteiger charge is 2.55. The molecular weight excluding hydrogens is 250 g/mol. The Morgan fingerprint density at radius 1 is 1.40 bits per heavy atom. The average molecular weight is 277 g/mol. The van der Waals surface area contributed by atoms with Gasteiger partial charge in [-0.25, -0.2) is 4.98 Å². The van der Waals surface area contributed by atoms with Crippen molar-refractivity contribution in [2.75, 3.05) is 6.61 Å². The Kier molecular flexibility index (Phi) is 4.13. The lowest BCUT2D eigenvalue weighted by molar-refractivity contribution is -0.150. The molecule has 2 fully saturated rings. The van der Waals surface area contributed by atoms with E-state index in [9.17, 15) is 0 Å². The SMILES string of the molecule is CCOC1CC(NCc2nccn2C)C12CCCCC2. The summed E-state index contributed by atoms with van der Waals surface area (Å²) in [5.41, 5.74) is 0.402. The molecule has 0 bridgehead atoms. The molecule has 3 rings (SSSR count). The van der Waals surface area contributed by atoms with E-state index in [-0.39, 0.29) is 0 Å². The minimum Gasteiger partial charge on any atom is -0.378 e. The Morgan fingerprint density at radius 3 is 2.85 bits per heavy atom. The fraction of sp³-hybridized carbons (Fsp3) is 0.812. The van der Waals surface area contributed by atoms with Crippen LogP contribution in [0.5, 0.6) is 0 Å². The highest BCUT2D eigenvalue weighted by molar-refractivity contribution is 5.09. The quantitative estimate of drug-likeness (QED) is 0.899. The van der Waals surface area contributed by atoms with E-state index in [0.717, 1.165) is 25.4 Å². The van der Waals surface area contributed by atoms with Crippen molar-refractivity contribution in [2.24, 2.45) is 12.5 Å². The number of ether oxygens (including phenoxy) is 1. The Balaban J connectivity index is 1.62. The van der Waals surface area contributed by atoms with Crippen molar-refractivity contribution in [3.63, 3.8) is 0 Å². The molecule has 20 heavy (non-hydrogen) atoms. The number of aromatic nitrogens is 2. The van der Waals surface area contributed by atoms with Crippen molar-refractivity contribution < 1.29 is 4.74 Å². The van der Waals surface area contributed by atoms with Gasteiger partial charge in [-0.15, -0.1) is 0 Å². The van der Waals surface area contributed by atoms with Crippen LogP contribution in [0.25, 0.3) is 0 Å². The molecule has 0 aliphatic heterocycles. The first-order chi connectivity index (χ1) is 9.76. The Hall–Kier alpha value is -0.870. The maximum absolute atomic E-state index is 6.00. The predicted octanol–water partition coefficient (Wildman–Crippen LogP) is 2.64. The van der Waals surface area contributed by atoms with E-state index in [1.54, 1.807) is 0 Å². The van der Waals surface area contributed by atoms with Crippen molar-refractivity contribution in [3.05, 3.63) is 18.2 Å². The number of imidazole rings is 1. The second-order valence-corrected chi connectivity index (χ2v) is 6.36. The molecule has 2 atom stereocenters. The summed E-state index contributed by atoms with van der Waals surface area (Å²) in [4.78, 5) is 4.40. The second-order valence-electron chi connectivity index (χ2n) is 6.36. The number of aryl methyl sites for hydroxylation is 1. The second kappa shape index (κ2) is 5.86. The molecule has 1 spiro atoms. The van der Waals surface area contributed by atoms with Gasteiger partial charge >= 0.3 is 0 Å². The van der Waals surface area contributed by atoms with Crippen LogP contribution >= 0.6 is 0 Å². The maximum Gasteiger partial charge on any atom is 0.122 e. The van der Waals surface area contributed by atoms with Gasteiger partial charge in [0.25, 0.3) is 0 Å². The molecule has 1 N–H and O–H groups in total. The molecule has 0 saturated heterocycles. The smallest absolute Gasteiger partial charge is 0.122 e. The van der Waals surface area contributed by atoms with Gasteiger partial charge in [0.05, 0.1) is 12.6 Å². The number of hydrogen-bond acceptors (Lipinski definition) is 3. The predicted molar refractivity (Wildman–Crippen MR) is 79.4 cm³/mol. The molecule has 4 nitrogen and oxygen atoms in total. The van der Waals surface area contributed by atoms with Gasteiger partial charge in [0.2, 0.25) is 0 Å². The lowest BCUT2D eigenvalue weighted by atomic mass is 9.55. The van der Waals surface area contributed by atoms with Crippen LogP contribution in [0.15, 0.2) is 12.4 Å². The van der Waals surface area contributed by atoms with E-state index in [0.29, 0.717) is 17.6 Å². The molecule has 1 aromatic heterocycles. The van der Waals surface area contributed by atoms with Gasteiger partial charge in [0, 0.05) is 37.5 Å². The Morgan fingerprint density at radius 2 is 2.20 bits per heavy atom. The molecule has 0 aromatic carbocycles. The van der Waals surface area contributed by atoms with E-state index < -0.39 is 0 Å². The first-order valence-corrected chi connectivity index (χ1v) is 8.07. The summed E-state index contributed by atoms with van der Waals surface area (Å²) in [6, 6.07) is 0.607. The normalized spacial score (nSPS) is 28.5. The van der Waals surface area contributed by atoms with E-state index in [2.05, 4.69) is 28.8 Å². The van der Waals surface area contributed by atoms with Crippen LogP contribution in [0.3, 0.4) is 0 Å². The molecular formula is C16H27N3O. The van der Waals surface area contributed by atoms with Crippen LogP contribution in [-0.2, 0) is 18.3 Å². The lowest BCUT2D eigenvalue weighted by Gasteiger charge is -2.58. The van der Waals surface area contributed by atoms with Gasteiger partial charge in [-0.05, 0) is 26.2 Å². The van der Waals surface area contributed by atoms with Crippen LogP contribution in [0.1, 0.15) is 51.3 Å². The van der Waals surface area contributed by atoms with Crippen molar-refractivity contribution in [1.29, 1.82) is 0 Å². The largest absolute Gasteiger partial charge is 0.378 e. The summed E-state index contributed by atoms with van der Waals surface area (Å²) in [6.07, 6.45) is 12.3. The Bertz CT molecular complexity index is 437. The third kappa shape index (κ3) is 2.40. The molecule has 2 aliphatic carbocycles. The van der Waals surface area contributed by atoms with Gasteiger partial charge in [-0.3, -0.25) is 0 Å². The van der Waals surface area contributed by atoms with Crippen LogP contribution in [0.2, 0.25) is 0 Å². The van der Waals surface area contributed by atoms with Gasteiger partial charge in [0.1, 0.15) is 5.82 Å². The molecule has 1 aromatic rings. The van der Waals surface area contributed by atoms with Crippen LogP contribution in [0.4, 0.5) is 0 Å². The Labute approximate surface area is 121 Å². The number of nitrogens with zero attached hydrogens (tertiary/aromatic N) is 2. The van der Waals surface area contributed by atoms with Crippen molar-refractivity contribution in [2.45, 2.75) is 64.1 Å². The van der Waals surface area contributed by atoms with Gasteiger partial charge in [-0.1, -0.05) is 19.3 Å². The summed E-state index contributed by atoms with van der Waals surface area (Å²) >= 11 is 0. The first-order valence-electron chi connectivity index (χ1n) is 8.07. The molecule has 112 valence electrons. The number of hydrogen-bond donors (Lipinski definition) is 1. The number of rotatable bonds is 5. The summed E-state index contributed by atoms with van der Waals surface area (Å²) < 4.78 is 8.10. The minimum atomic E-state index is 0.402. The summed E-state index contributed by atoms with van der Waals surface area (Å²) in [5, 5.41) is 3.75. The fourth-order valence-electron chi connectivity index (χ4n) is 4.13. The lowest BCUT2D eigenvalue weighted by Crippen LogP contribution is -2.64. The van der Waals surface area contributed by atoms with E-state index in [1.807, 2.05) is 12.4 Å². The number of nitrogens with one attached hydrogen (secondary N) is 1. The monoisotopic (exact) mass is 277 g/mol. The highest BCUT2D eigenvalue weighted by Crippen LogP contribution is 2.53. The fourth-order valence-corrected chi connectivity index (χ4v) is 4.13. The van der Waals surface area contributed by atoms with Crippen molar-refractivity contribution >= 4 is 0 Å². The molecule has 0 amide bonds. The average Bonchev–Trinajstić information content (AvgIpc) is 2.88. The molecule has 2 unspecified atom stereocenters. The molecule has 0 radical (unpaired) electrons. The summed E-state index contributed by atoms with van der Waals surface area (Å²) in [6.45, 7) is 3.83. The summed E-state index contributed by atoms with van der Waals surface area (Å²) in [5.74, 6) is 1.12. The van der Waals surface area contributed by atoms with Crippen molar-refractivity contribution in [1.82, 2.24) is 14.9 Å². The maximum atomic E-state index is 6.00. The van der Waals surface area contributed by atoms with Crippen LogP contribution < -0.4 is 5.32 Å². The van der Waals surface area contributed by atoms with E-state index in [4.69, 9.17) is 4.74 Å². The van der Waals surface area contributed by atoms with Crippen molar-refractivity contribution in [3.8, 4) is 0 Å². The van der Waals surface area contributed by atoms with Crippen LogP contribution in [-0.4, -0.2) is 28.3 Å². The zero-order valence-corrected chi connectivity index (χ0v) is 12.8. The molecule has 2 saturated carbocycles. The molecule has 2 aliphatic rings. The molecule has 4 heteroatoms. The third-order valence-corrected chi connectivity index (χ3v) is 5.36. The third-order valence-electron chi connectivity index (χ3n) is 5.36. The molecule has 1 heterocycles.